The monoisotopic (exact) mass is 246 g/mol. The molecule has 1 atom stereocenters. The number of benzene rings is 1. The molecular weight excluding hydrogens is 232 g/mol. The van der Waals surface area contributed by atoms with Gasteiger partial charge in [-0.25, -0.2) is 0 Å². The lowest BCUT2D eigenvalue weighted by Gasteiger charge is -2.19. The largest absolute Gasteiger partial charge is 0.464 e. The van der Waals surface area contributed by atoms with Gasteiger partial charge < -0.3 is 4.42 Å². The maximum Gasteiger partial charge on any atom is 0.182 e. The van der Waals surface area contributed by atoms with Crippen molar-refractivity contribution in [1.82, 2.24) is 0 Å². The molecule has 1 saturated heterocycles. The number of para-hydroxylation sites is 1. The molecule has 0 saturated carbocycles. The highest BCUT2D eigenvalue weighted by Gasteiger charge is 2.38. The second-order valence-electron chi connectivity index (χ2n) is 4.66. The fraction of sp³-hybridized carbons (Fsp3) is 0.357. The Morgan fingerprint density at radius 1 is 1.41 bits per heavy atom. The van der Waals surface area contributed by atoms with E-state index in [4.69, 9.17) is 4.42 Å². The Morgan fingerprint density at radius 3 is 3.00 bits per heavy atom. The zero-order chi connectivity index (χ0) is 11.9. The van der Waals surface area contributed by atoms with Crippen LogP contribution in [0.15, 0.2) is 34.9 Å². The van der Waals surface area contributed by atoms with Crippen molar-refractivity contribution in [1.29, 1.82) is 0 Å². The van der Waals surface area contributed by atoms with Gasteiger partial charge in [-0.3, -0.25) is 4.79 Å². The van der Waals surface area contributed by atoms with Crippen molar-refractivity contribution in [2.24, 2.45) is 0 Å². The molecule has 0 N–H and O–H groups in total. The molecule has 1 aromatic heterocycles. The van der Waals surface area contributed by atoms with Crippen LogP contribution in [-0.2, 0) is 0 Å². The molecule has 1 aromatic carbocycles. The number of hydrogen-bond acceptors (Lipinski definition) is 3. The maximum absolute atomic E-state index is 12.6. The van der Waals surface area contributed by atoms with Crippen molar-refractivity contribution in [3.05, 3.63) is 36.1 Å². The quantitative estimate of drug-likeness (QED) is 0.753. The number of thioether (sulfide) groups is 1. The molecule has 0 amide bonds. The van der Waals surface area contributed by atoms with Crippen LogP contribution in [0.25, 0.3) is 11.0 Å². The standard InChI is InChI=1S/C14H14O2S/c1-14(7-4-8-17-14)13(15)11-9-16-12-6-3-2-5-10(11)12/h2-3,5-6,9H,4,7-8H2,1H3. The van der Waals surface area contributed by atoms with Crippen LogP contribution < -0.4 is 0 Å². The van der Waals surface area contributed by atoms with E-state index in [2.05, 4.69) is 6.92 Å². The van der Waals surface area contributed by atoms with E-state index in [0.717, 1.165) is 35.1 Å². The van der Waals surface area contributed by atoms with Gasteiger partial charge in [0.1, 0.15) is 11.8 Å². The second-order valence-corrected chi connectivity index (χ2v) is 6.26. The molecule has 88 valence electrons. The van der Waals surface area contributed by atoms with Gasteiger partial charge in [0.15, 0.2) is 5.78 Å². The minimum Gasteiger partial charge on any atom is -0.464 e. The molecular formula is C14H14O2S. The minimum atomic E-state index is -0.257. The lowest BCUT2D eigenvalue weighted by Crippen LogP contribution is -2.28. The Balaban J connectivity index is 2.07. The van der Waals surface area contributed by atoms with Gasteiger partial charge in [0, 0.05) is 5.39 Å². The van der Waals surface area contributed by atoms with Crippen LogP contribution in [0.4, 0.5) is 0 Å². The summed E-state index contributed by atoms with van der Waals surface area (Å²) >= 11 is 1.77. The van der Waals surface area contributed by atoms with Gasteiger partial charge in [0.2, 0.25) is 0 Å². The van der Waals surface area contributed by atoms with E-state index in [9.17, 15) is 4.79 Å². The SMILES string of the molecule is CC1(C(=O)c2coc3ccccc23)CCCS1. The third kappa shape index (κ3) is 1.69. The fourth-order valence-electron chi connectivity index (χ4n) is 2.40. The van der Waals surface area contributed by atoms with Crippen molar-refractivity contribution in [3.63, 3.8) is 0 Å². The van der Waals surface area contributed by atoms with Gasteiger partial charge in [0.05, 0.1) is 10.3 Å². The highest BCUT2D eigenvalue weighted by atomic mass is 32.2. The minimum absolute atomic E-state index is 0.213. The summed E-state index contributed by atoms with van der Waals surface area (Å²) in [6.45, 7) is 2.05. The number of carbonyl (C=O) groups is 1. The Bertz CT molecular complexity index is 564. The molecule has 17 heavy (non-hydrogen) atoms. The summed E-state index contributed by atoms with van der Waals surface area (Å²) in [5.74, 6) is 1.29. The molecule has 1 fully saturated rings. The van der Waals surface area contributed by atoms with Crippen LogP contribution in [-0.4, -0.2) is 16.3 Å². The third-order valence-corrected chi connectivity index (χ3v) is 4.94. The highest BCUT2D eigenvalue weighted by molar-refractivity contribution is 8.01. The van der Waals surface area contributed by atoms with Crippen molar-refractivity contribution in [2.75, 3.05) is 5.75 Å². The van der Waals surface area contributed by atoms with Gasteiger partial charge in [-0.1, -0.05) is 18.2 Å². The normalized spacial score (nSPS) is 24.3. The molecule has 2 heterocycles. The van der Waals surface area contributed by atoms with E-state index in [1.807, 2.05) is 24.3 Å². The van der Waals surface area contributed by atoms with E-state index in [1.54, 1.807) is 18.0 Å². The molecule has 2 nitrogen and oxygen atoms in total. The molecule has 3 rings (SSSR count). The topological polar surface area (TPSA) is 30.2 Å². The van der Waals surface area contributed by atoms with Crippen LogP contribution in [0.1, 0.15) is 30.1 Å². The summed E-state index contributed by atoms with van der Waals surface area (Å²) in [5.41, 5.74) is 1.53. The summed E-state index contributed by atoms with van der Waals surface area (Å²) in [7, 11) is 0. The molecule has 1 aliphatic rings. The molecule has 0 bridgehead atoms. The first-order valence-electron chi connectivity index (χ1n) is 5.86. The molecule has 1 unspecified atom stereocenters. The smallest absolute Gasteiger partial charge is 0.182 e. The van der Waals surface area contributed by atoms with E-state index >= 15 is 0 Å². The lowest BCUT2D eigenvalue weighted by atomic mass is 9.94. The number of rotatable bonds is 2. The van der Waals surface area contributed by atoms with Crippen LogP contribution in [0.3, 0.4) is 0 Å². The number of fused-ring (bicyclic) bond motifs is 1. The predicted octanol–water partition coefficient (Wildman–Crippen LogP) is 3.90. The molecule has 1 aliphatic heterocycles. The average Bonchev–Trinajstić information content (AvgIpc) is 2.95. The Hall–Kier alpha value is -1.22. The summed E-state index contributed by atoms with van der Waals surface area (Å²) in [4.78, 5) is 12.6. The van der Waals surface area contributed by atoms with Crippen molar-refractivity contribution in [2.45, 2.75) is 24.5 Å². The van der Waals surface area contributed by atoms with Gasteiger partial charge in [0.25, 0.3) is 0 Å². The van der Waals surface area contributed by atoms with Gasteiger partial charge in [-0.05, 0) is 31.6 Å². The summed E-state index contributed by atoms with van der Waals surface area (Å²) in [6.07, 6.45) is 3.70. The van der Waals surface area contributed by atoms with Crippen LogP contribution in [0, 0.1) is 0 Å². The van der Waals surface area contributed by atoms with E-state index < -0.39 is 0 Å². The average molecular weight is 246 g/mol. The summed E-state index contributed by atoms with van der Waals surface area (Å²) in [6, 6.07) is 7.72. The predicted molar refractivity (Wildman–Crippen MR) is 70.6 cm³/mol. The fourth-order valence-corrected chi connectivity index (χ4v) is 3.67. The van der Waals surface area contributed by atoms with E-state index in [0.29, 0.717) is 0 Å². The highest BCUT2D eigenvalue weighted by Crippen LogP contribution is 2.41. The zero-order valence-corrected chi connectivity index (χ0v) is 10.5. The Labute approximate surface area is 104 Å². The van der Waals surface area contributed by atoms with Crippen LogP contribution in [0.2, 0.25) is 0 Å². The zero-order valence-electron chi connectivity index (χ0n) is 9.73. The molecule has 0 aliphatic carbocycles. The summed E-state index contributed by atoms with van der Waals surface area (Å²) in [5, 5.41) is 0.936. The van der Waals surface area contributed by atoms with Gasteiger partial charge in [-0.15, -0.1) is 11.8 Å². The number of hydrogen-bond donors (Lipinski definition) is 0. The van der Waals surface area contributed by atoms with E-state index in [-0.39, 0.29) is 10.5 Å². The number of Topliss-reactive ketones (excluding diaryl/α,β-unsaturated/α-hetero) is 1. The van der Waals surface area contributed by atoms with Crippen LogP contribution in [0.5, 0.6) is 0 Å². The molecule has 2 aromatic rings. The maximum atomic E-state index is 12.6. The van der Waals surface area contributed by atoms with E-state index in [1.165, 1.54) is 0 Å². The van der Waals surface area contributed by atoms with Crippen molar-refractivity contribution < 1.29 is 9.21 Å². The second kappa shape index (κ2) is 3.91. The third-order valence-electron chi connectivity index (χ3n) is 3.42. The molecule has 0 spiro atoms. The Kier molecular flexibility index (Phi) is 2.51. The first-order chi connectivity index (χ1) is 8.21. The number of carbonyl (C=O) groups excluding carboxylic acids is 1. The Morgan fingerprint density at radius 2 is 2.24 bits per heavy atom. The number of ketones is 1. The summed E-state index contributed by atoms with van der Waals surface area (Å²) < 4.78 is 5.19. The van der Waals surface area contributed by atoms with Gasteiger partial charge in [-0.2, -0.15) is 0 Å². The van der Waals surface area contributed by atoms with Crippen molar-refractivity contribution >= 4 is 28.5 Å². The molecule has 0 radical (unpaired) electrons. The lowest BCUT2D eigenvalue weighted by molar-refractivity contribution is 0.0950. The number of furan rings is 1. The first-order valence-corrected chi connectivity index (χ1v) is 6.84. The van der Waals surface area contributed by atoms with Crippen molar-refractivity contribution in [3.8, 4) is 0 Å². The molecule has 3 heteroatoms. The van der Waals surface area contributed by atoms with Crippen LogP contribution >= 0.6 is 11.8 Å². The first kappa shape index (κ1) is 10.9. The van der Waals surface area contributed by atoms with Gasteiger partial charge >= 0.3 is 0 Å².